The van der Waals surface area contributed by atoms with E-state index in [1.165, 1.54) is 12.5 Å². The number of nitrogens with zero attached hydrogens (tertiary/aromatic N) is 4. The number of fused-ring (bicyclic) bond motifs is 1. The third-order valence-electron chi connectivity index (χ3n) is 5.41. The molecule has 0 radical (unpaired) electrons. The van der Waals surface area contributed by atoms with E-state index in [9.17, 15) is 9.59 Å². The summed E-state index contributed by atoms with van der Waals surface area (Å²) in [7, 11) is 0. The molecule has 2 N–H and O–H groups in total. The molecule has 0 saturated heterocycles. The normalized spacial score (nSPS) is 11.1. The van der Waals surface area contributed by atoms with Crippen LogP contribution in [0.5, 0.6) is 0 Å². The molecule has 3 heterocycles. The molecule has 8 nitrogen and oxygen atoms in total. The lowest BCUT2D eigenvalue weighted by atomic mass is 10.1. The Morgan fingerprint density at radius 2 is 1.69 bits per heavy atom. The fraction of sp³-hybridized carbons (Fsp3) is 0.0833. The zero-order valence-corrected chi connectivity index (χ0v) is 17.5. The zero-order valence-electron chi connectivity index (χ0n) is 17.5. The predicted molar refractivity (Wildman–Crippen MR) is 123 cm³/mol. The molecule has 5 aromatic rings. The number of aromatic amines is 1. The molecule has 158 valence electrons. The second-order valence-corrected chi connectivity index (χ2v) is 7.49. The number of H-pyrrole nitrogens is 1. The van der Waals surface area contributed by atoms with Gasteiger partial charge in [-0.1, -0.05) is 12.1 Å². The van der Waals surface area contributed by atoms with E-state index in [1.54, 1.807) is 22.9 Å². The minimum Gasteiger partial charge on any atom is -0.320 e. The second-order valence-electron chi connectivity index (χ2n) is 7.49. The SMILES string of the molecule is Cc1ccc(C)n1-c1ccc(C(=O)Nc2ccccc2-n2ncc3c(=O)[nH]cnc32)cc1. The average Bonchev–Trinajstić information content (AvgIpc) is 3.38. The highest BCUT2D eigenvalue weighted by atomic mass is 16.1. The van der Waals surface area contributed by atoms with Gasteiger partial charge in [-0.3, -0.25) is 9.59 Å². The summed E-state index contributed by atoms with van der Waals surface area (Å²) in [6.45, 7) is 4.10. The number of nitrogens with one attached hydrogen (secondary N) is 2. The molecule has 0 spiro atoms. The number of benzene rings is 2. The van der Waals surface area contributed by atoms with E-state index in [0.717, 1.165) is 17.1 Å². The minimum atomic E-state index is -0.268. The Balaban J connectivity index is 1.46. The van der Waals surface area contributed by atoms with E-state index in [-0.39, 0.29) is 11.5 Å². The largest absolute Gasteiger partial charge is 0.320 e. The molecule has 32 heavy (non-hydrogen) atoms. The maximum Gasteiger partial charge on any atom is 0.261 e. The number of aromatic nitrogens is 5. The summed E-state index contributed by atoms with van der Waals surface area (Å²) in [4.78, 5) is 31.7. The van der Waals surface area contributed by atoms with Crippen molar-refractivity contribution < 1.29 is 4.79 Å². The summed E-state index contributed by atoms with van der Waals surface area (Å²) >= 11 is 0. The lowest BCUT2D eigenvalue weighted by Crippen LogP contribution is -2.14. The molecule has 0 saturated carbocycles. The third-order valence-corrected chi connectivity index (χ3v) is 5.41. The van der Waals surface area contributed by atoms with Gasteiger partial charge in [0.2, 0.25) is 0 Å². The van der Waals surface area contributed by atoms with E-state index < -0.39 is 0 Å². The highest BCUT2D eigenvalue weighted by Gasteiger charge is 2.15. The first-order valence-electron chi connectivity index (χ1n) is 10.1. The van der Waals surface area contributed by atoms with Crippen molar-refractivity contribution in [1.82, 2.24) is 24.3 Å². The van der Waals surface area contributed by atoms with Crippen LogP contribution in [0.15, 0.2) is 78.0 Å². The highest BCUT2D eigenvalue weighted by molar-refractivity contribution is 6.05. The number of carbonyl (C=O) groups is 1. The second kappa shape index (κ2) is 7.66. The number of anilines is 1. The van der Waals surface area contributed by atoms with Gasteiger partial charge in [0.1, 0.15) is 5.39 Å². The van der Waals surface area contributed by atoms with Crippen LogP contribution in [0, 0.1) is 13.8 Å². The number of para-hydroxylation sites is 2. The lowest BCUT2D eigenvalue weighted by molar-refractivity contribution is 0.102. The third kappa shape index (κ3) is 3.27. The predicted octanol–water partition coefficient (Wildman–Crippen LogP) is 3.77. The van der Waals surface area contributed by atoms with Gasteiger partial charge in [0.05, 0.1) is 23.9 Å². The van der Waals surface area contributed by atoms with Crippen molar-refractivity contribution in [1.29, 1.82) is 0 Å². The van der Waals surface area contributed by atoms with Crippen LogP contribution in [0.25, 0.3) is 22.4 Å². The lowest BCUT2D eigenvalue weighted by Gasteiger charge is -2.13. The molecule has 0 aliphatic carbocycles. The first kappa shape index (κ1) is 19.5. The Kier molecular flexibility index (Phi) is 4.67. The van der Waals surface area contributed by atoms with E-state index >= 15 is 0 Å². The molecule has 0 aliphatic heterocycles. The van der Waals surface area contributed by atoms with E-state index in [0.29, 0.717) is 28.0 Å². The molecule has 8 heteroatoms. The number of rotatable bonds is 4. The van der Waals surface area contributed by atoms with E-state index in [1.807, 2.05) is 44.2 Å². The summed E-state index contributed by atoms with van der Waals surface area (Å²) in [6.07, 6.45) is 2.80. The Hall–Kier alpha value is -4.46. The summed E-state index contributed by atoms with van der Waals surface area (Å²) in [5.41, 5.74) is 5.12. The van der Waals surface area contributed by atoms with Crippen LogP contribution in [0.2, 0.25) is 0 Å². The monoisotopic (exact) mass is 424 g/mol. The number of aryl methyl sites for hydroxylation is 2. The highest BCUT2D eigenvalue weighted by Crippen LogP contribution is 2.23. The van der Waals surface area contributed by atoms with E-state index in [4.69, 9.17) is 0 Å². The van der Waals surface area contributed by atoms with Crippen LogP contribution in [-0.2, 0) is 0 Å². The molecule has 1 amide bonds. The van der Waals surface area contributed by atoms with Crippen molar-refractivity contribution >= 4 is 22.6 Å². The van der Waals surface area contributed by atoms with Crippen molar-refractivity contribution in [2.45, 2.75) is 13.8 Å². The minimum absolute atomic E-state index is 0.243. The maximum atomic E-state index is 13.0. The van der Waals surface area contributed by atoms with Crippen molar-refractivity contribution in [3.63, 3.8) is 0 Å². The number of hydrogen-bond acceptors (Lipinski definition) is 4. The van der Waals surface area contributed by atoms with E-state index in [2.05, 4.69) is 37.1 Å². The molecule has 3 aromatic heterocycles. The number of hydrogen-bond donors (Lipinski definition) is 2. The fourth-order valence-corrected chi connectivity index (χ4v) is 3.83. The van der Waals surface area contributed by atoms with Gasteiger partial charge < -0.3 is 14.9 Å². The van der Waals surface area contributed by atoms with Crippen LogP contribution < -0.4 is 10.9 Å². The van der Waals surface area contributed by atoms with Gasteiger partial charge in [-0.15, -0.1) is 0 Å². The van der Waals surface area contributed by atoms with Crippen molar-refractivity contribution in [2.24, 2.45) is 0 Å². The van der Waals surface area contributed by atoms with Crippen LogP contribution in [0.1, 0.15) is 21.7 Å². The van der Waals surface area contributed by atoms with Gasteiger partial charge in [-0.2, -0.15) is 5.10 Å². The summed E-state index contributed by atoms with van der Waals surface area (Å²) < 4.78 is 3.68. The van der Waals surface area contributed by atoms with Gasteiger partial charge in [-0.05, 0) is 62.4 Å². The number of carbonyl (C=O) groups excluding carboxylic acids is 1. The quantitative estimate of drug-likeness (QED) is 0.459. The molecule has 0 fully saturated rings. The summed E-state index contributed by atoms with van der Waals surface area (Å²) in [5.74, 6) is -0.243. The Bertz CT molecular complexity index is 1490. The molecule has 2 aromatic carbocycles. The van der Waals surface area contributed by atoms with Gasteiger partial charge in [0, 0.05) is 22.6 Å². The van der Waals surface area contributed by atoms with Crippen LogP contribution in [0.4, 0.5) is 5.69 Å². The van der Waals surface area contributed by atoms with Crippen LogP contribution >= 0.6 is 0 Å². The standard InChI is InChI=1S/C24H20N6O2/c1-15-7-8-16(2)29(15)18-11-9-17(10-12-18)23(31)28-20-5-3-4-6-21(20)30-22-19(13-27-30)24(32)26-14-25-22/h3-14H,1-2H3,(H,28,31)(H,25,26,32). The topological polar surface area (TPSA) is 97.6 Å². The van der Waals surface area contributed by atoms with Crippen molar-refractivity contribution in [2.75, 3.05) is 5.32 Å². The average molecular weight is 424 g/mol. The van der Waals surface area contributed by atoms with Gasteiger partial charge in [0.15, 0.2) is 5.65 Å². The summed E-state index contributed by atoms with van der Waals surface area (Å²) in [6, 6.07) is 18.8. The maximum absolute atomic E-state index is 13.0. The zero-order chi connectivity index (χ0) is 22.2. The van der Waals surface area contributed by atoms with Crippen LogP contribution in [0.3, 0.4) is 0 Å². The van der Waals surface area contributed by atoms with Gasteiger partial charge in [0.25, 0.3) is 11.5 Å². The molecule has 0 atom stereocenters. The first-order valence-corrected chi connectivity index (χ1v) is 10.1. The van der Waals surface area contributed by atoms with Crippen molar-refractivity contribution in [3.8, 4) is 11.4 Å². The smallest absolute Gasteiger partial charge is 0.261 e. The Morgan fingerprint density at radius 3 is 2.44 bits per heavy atom. The molecule has 0 bridgehead atoms. The molecule has 5 rings (SSSR count). The molecule has 0 unspecified atom stereocenters. The Labute approximate surface area is 183 Å². The molecular formula is C24H20N6O2. The van der Waals surface area contributed by atoms with Crippen LogP contribution in [-0.4, -0.2) is 30.2 Å². The number of amides is 1. The first-order chi connectivity index (χ1) is 15.5. The fourth-order valence-electron chi connectivity index (χ4n) is 3.83. The van der Waals surface area contributed by atoms with Gasteiger partial charge in [-0.25, -0.2) is 9.67 Å². The molecular weight excluding hydrogens is 404 g/mol. The van der Waals surface area contributed by atoms with Crippen molar-refractivity contribution in [3.05, 3.63) is 100 Å². The van der Waals surface area contributed by atoms with Gasteiger partial charge >= 0.3 is 0 Å². The molecule has 0 aliphatic rings. The summed E-state index contributed by atoms with van der Waals surface area (Å²) in [5, 5.41) is 7.63. The Morgan fingerprint density at radius 1 is 0.969 bits per heavy atom.